The number of aliphatic carboxylic acids is 1. The van der Waals surface area contributed by atoms with Crippen molar-refractivity contribution in [3.8, 4) is 0 Å². The van der Waals surface area contributed by atoms with E-state index in [1.165, 1.54) is 0 Å². The standard InChI is InChI=1S/C12H25NO5/c1-9(7-17-2)18-8-11(14)6-10(12(15)16)4-3-5-13/h9-11,14H,3-8,13H2,1-2H3,(H,15,16). The van der Waals surface area contributed by atoms with Gasteiger partial charge in [0.2, 0.25) is 0 Å². The van der Waals surface area contributed by atoms with E-state index in [9.17, 15) is 9.90 Å². The summed E-state index contributed by atoms with van der Waals surface area (Å²) in [6, 6.07) is 0. The van der Waals surface area contributed by atoms with Crippen molar-refractivity contribution < 1.29 is 24.5 Å². The van der Waals surface area contributed by atoms with Crippen LogP contribution in [0.15, 0.2) is 0 Å². The van der Waals surface area contributed by atoms with Crippen molar-refractivity contribution in [1.82, 2.24) is 0 Å². The lowest BCUT2D eigenvalue weighted by molar-refractivity contribution is -0.143. The lowest BCUT2D eigenvalue weighted by Crippen LogP contribution is -2.27. The van der Waals surface area contributed by atoms with E-state index in [0.29, 0.717) is 26.0 Å². The molecule has 0 aromatic rings. The van der Waals surface area contributed by atoms with Gasteiger partial charge in [0, 0.05) is 7.11 Å². The van der Waals surface area contributed by atoms with E-state index >= 15 is 0 Å². The lowest BCUT2D eigenvalue weighted by atomic mass is 9.96. The number of carboxylic acids is 1. The molecule has 0 saturated carbocycles. The summed E-state index contributed by atoms with van der Waals surface area (Å²) >= 11 is 0. The van der Waals surface area contributed by atoms with Gasteiger partial charge in [-0.1, -0.05) is 0 Å². The van der Waals surface area contributed by atoms with Gasteiger partial charge in [0.05, 0.1) is 31.3 Å². The number of hydrogen-bond acceptors (Lipinski definition) is 5. The highest BCUT2D eigenvalue weighted by atomic mass is 16.5. The molecule has 0 aliphatic carbocycles. The van der Waals surface area contributed by atoms with Gasteiger partial charge >= 0.3 is 5.97 Å². The summed E-state index contributed by atoms with van der Waals surface area (Å²) in [7, 11) is 1.57. The van der Waals surface area contributed by atoms with E-state index in [1.54, 1.807) is 7.11 Å². The fourth-order valence-electron chi connectivity index (χ4n) is 1.66. The fraction of sp³-hybridized carbons (Fsp3) is 0.917. The maximum Gasteiger partial charge on any atom is 0.306 e. The maximum absolute atomic E-state index is 11.0. The number of rotatable bonds is 11. The van der Waals surface area contributed by atoms with E-state index in [-0.39, 0.29) is 19.1 Å². The normalized spacial score (nSPS) is 16.2. The first-order chi connectivity index (χ1) is 8.51. The van der Waals surface area contributed by atoms with Crippen LogP contribution in [0.5, 0.6) is 0 Å². The second-order valence-corrected chi connectivity index (χ2v) is 4.45. The van der Waals surface area contributed by atoms with Crippen LogP contribution >= 0.6 is 0 Å². The number of carboxylic acid groups (broad SMARTS) is 1. The summed E-state index contributed by atoms with van der Waals surface area (Å²) in [4.78, 5) is 11.0. The van der Waals surface area contributed by atoms with E-state index in [1.807, 2.05) is 6.92 Å². The van der Waals surface area contributed by atoms with Gasteiger partial charge in [-0.05, 0) is 32.7 Å². The SMILES string of the molecule is COCC(C)OCC(O)CC(CCCN)C(=O)O. The van der Waals surface area contributed by atoms with Gasteiger partial charge in [-0.2, -0.15) is 0 Å². The monoisotopic (exact) mass is 263 g/mol. The molecule has 6 nitrogen and oxygen atoms in total. The highest BCUT2D eigenvalue weighted by Crippen LogP contribution is 2.14. The van der Waals surface area contributed by atoms with Crippen LogP contribution in [0.1, 0.15) is 26.2 Å². The van der Waals surface area contributed by atoms with Crippen molar-refractivity contribution in [3.63, 3.8) is 0 Å². The smallest absolute Gasteiger partial charge is 0.306 e. The van der Waals surface area contributed by atoms with Gasteiger partial charge in [-0.15, -0.1) is 0 Å². The molecule has 0 fully saturated rings. The molecule has 6 heteroatoms. The second-order valence-electron chi connectivity index (χ2n) is 4.45. The van der Waals surface area contributed by atoms with Crippen LogP contribution in [0, 0.1) is 5.92 Å². The molecule has 0 aliphatic heterocycles. The molecule has 18 heavy (non-hydrogen) atoms. The highest BCUT2D eigenvalue weighted by Gasteiger charge is 2.21. The van der Waals surface area contributed by atoms with E-state index in [0.717, 1.165) is 0 Å². The van der Waals surface area contributed by atoms with E-state index in [4.69, 9.17) is 20.3 Å². The van der Waals surface area contributed by atoms with Crippen LogP contribution in [-0.2, 0) is 14.3 Å². The molecule has 0 heterocycles. The molecule has 108 valence electrons. The van der Waals surface area contributed by atoms with Gasteiger partial charge < -0.3 is 25.4 Å². The Morgan fingerprint density at radius 3 is 2.56 bits per heavy atom. The van der Waals surface area contributed by atoms with Crippen LogP contribution in [0.2, 0.25) is 0 Å². The number of nitrogens with two attached hydrogens (primary N) is 1. The first-order valence-electron chi connectivity index (χ1n) is 6.22. The van der Waals surface area contributed by atoms with Crippen molar-refractivity contribution in [2.45, 2.75) is 38.4 Å². The topological polar surface area (TPSA) is 102 Å². The van der Waals surface area contributed by atoms with Crippen LogP contribution in [0.4, 0.5) is 0 Å². The third kappa shape index (κ3) is 8.41. The third-order valence-electron chi connectivity index (χ3n) is 2.64. The summed E-state index contributed by atoms with van der Waals surface area (Å²) in [5.74, 6) is -1.46. The van der Waals surface area contributed by atoms with Crippen molar-refractivity contribution in [3.05, 3.63) is 0 Å². The molecule has 3 unspecified atom stereocenters. The number of hydrogen-bond donors (Lipinski definition) is 3. The summed E-state index contributed by atoms with van der Waals surface area (Å²) in [6.07, 6.45) is 0.427. The van der Waals surface area contributed by atoms with Gasteiger partial charge in [0.1, 0.15) is 0 Å². The summed E-state index contributed by atoms with van der Waals surface area (Å²) < 4.78 is 10.2. The van der Waals surface area contributed by atoms with Gasteiger partial charge in [-0.3, -0.25) is 4.79 Å². The molecule has 4 N–H and O–H groups in total. The third-order valence-corrected chi connectivity index (χ3v) is 2.64. The van der Waals surface area contributed by atoms with Gasteiger partial charge in [0.15, 0.2) is 0 Å². The van der Waals surface area contributed by atoms with Crippen molar-refractivity contribution >= 4 is 5.97 Å². The Bertz CT molecular complexity index is 225. The Morgan fingerprint density at radius 2 is 2.06 bits per heavy atom. The highest BCUT2D eigenvalue weighted by molar-refractivity contribution is 5.69. The summed E-state index contributed by atoms with van der Waals surface area (Å²) in [5.41, 5.74) is 5.35. The molecule has 0 aromatic heterocycles. The Kier molecular flexibility index (Phi) is 9.86. The van der Waals surface area contributed by atoms with Gasteiger partial charge in [-0.25, -0.2) is 0 Å². The molecule has 0 spiro atoms. The Hall–Kier alpha value is -0.690. The zero-order valence-corrected chi connectivity index (χ0v) is 11.2. The molecule has 0 rings (SSSR count). The number of ether oxygens (including phenoxy) is 2. The molecule has 0 radical (unpaired) electrons. The van der Waals surface area contributed by atoms with Crippen LogP contribution in [-0.4, -0.2) is 55.3 Å². The van der Waals surface area contributed by atoms with Crippen LogP contribution < -0.4 is 5.73 Å². The molecule has 0 saturated heterocycles. The largest absolute Gasteiger partial charge is 0.481 e. The molecular formula is C12H25NO5. The Labute approximate surface area is 108 Å². The Balaban J connectivity index is 3.93. The molecule has 0 bridgehead atoms. The minimum Gasteiger partial charge on any atom is -0.481 e. The average molecular weight is 263 g/mol. The number of carbonyl (C=O) groups is 1. The number of aliphatic hydroxyl groups is 1. The fourth-order valence-corrected chi connectivity index (χ4v) is 1.66. The number of methoxy groups -OCH3 is 1. The average Bonchev–Trinajstić information content (AvgIpc) is 2.32. The first kappa shape index (κ1) is 17.3. The minimum absolute atomic E-state index is 0.114. The lowest BCUT2D eigenvalue weighted by Gasteiger charge is -2.19. The maximum atomic E-state index is 11.0. The van der Waals surface area contributed by atoms with Crippen LogP contribution in [0.3, 0.4) is 0 Å². The number of aliphatic hydroxyl groups excluding tert-OH is 1. The second kappa shape index (κ2) is 10.3. The van der Waals surface area contributed by atoms with Crippen molar-refractivity contribution in [2.24, 2.45) is 11.7 Å². The quantitative estimate of drug-likeness (QED) is 0.493. The molecule has 0 amide bonds. The van der Waals surface area contributed by atoms with Gasteiger partial charge in [0.25, 0.3) is 0 Å². The van der Waals surface area contributed by atoms with Crippen molar-refractivity contribution in [2.75, 3.05) is 26.9 Å². The molecule has 0 aromatic carbocycles. The predicted octanol–water partition coefficient (Wildman–Crippen LogP) is 0.229. The summed E-state index contributed by atoms with van der Waals surface area (Å²) in [5, 5.41) is 18.7. The Morgan fingerprint density at radius 1 is 1.39 bits per heavy atom. The minimum atomic E-state index is -0.896. The van der Waals surface area contributed by atoms with Crippen LogP contribution in [0.25, 0.3) is 0 Å². The van der Waals surface area contributed by atoms with E-state index < -0.39 is 18.0 Å². The molecule has 3 atom stereocenters. The molecule has 0 aliphatic rings. The van der Waals surface area contributed by atoms with Crippen molar-refractivity contribution in [1.29, 1.82) is 0 Å². The first-order valence-corrected chi connectivity index (χ1v) is 6.22. The van der Waals surface area contributed by atoms with E-state index in [2.05, 4.69) is 0 Å². The zero-order chi connectivity index (χ0) is 14.0. The summed E-state index contributed by atoms with van der Waals surface area (Å²) in [6.45, 7) is 2.86. The predicted molar refractivity (Wildman–Crippen MR) is 67.3 cm³/mol. The molecular weight excluding hydrogens is 238 g/mol. The zero-order valence-electron chi connectivity index (χ0n) is 11.2.